The first-order valence-corrected chi connectivity index (χ1v) is 14.6. The van der Waals surface area contributed by atoms with Crippen LogP contribution >= 0.6 is 0 Å². The zero-order valence-corrected chi connectivity index (χ0v) is 22.5. The van der Waals surface area contributed by atoms with Crippen molar-refractivity contribution < 1.29 is 14.6 Å². The van der Waals surface area contributed by atoms with Crippen molar-refractivity contribution in [3.8, 4) is 11.5 Å². The lowest BCUT2D eigenvalue weighted by molar-refractivity contribution is 0.112. The van der Waals surface area contributed by atoms with E-state index in [1.54, 1.807) is 18.2 Å². The van der Waals surface area contributed by atoms with E-state index in [1.807, 2.05) is 0 Å². The maximum absolute atomic E-state index is 10.9. The van der Waals surface area contributed by atoms with E-state index in [4.69, 9.17) is 4.74 Å². The maximum Gasteiger partial charge on any atom is 0.153 e. The van der Waals surface area contributed by atoms with Gasteiger partial charge in [-0.25, -0.2) is 0 Å². The van der Waals surface area contributed by atoms with E-state index in [-0.39, 0.29) is 5.75 Å². The first-order chi connectivity index (χ1) is 16.7. The number of hydrogen-bond acceptors (Lipinski definition) is 3. The first-order valence-electron chi connectivity index (χ1n) is 14.6. The summed E-state index contributed by atoms with van der Waals surface area (Å²) in [6.45, 7) is 5.25. The zero-order chi connectivity index (χ0) is 24.7. The molecule has 3 nitrogen and oxygen atoms in total. The second-order valence-electron chi connectivity index (χ2n) is 10.2. The van der Waals surface area contributed by atoms with Gasteiger partial charge < -0.3 is 9.84 Å². The molecule has 196 valence electrons. The van der Waals surface area contributed by atoms with Crippen molar-refractivity contribution in [2.24, 2.45) is 5.92 Å². The molecular weight excluding hydrogens is 420 g/mol. The molecule has 1 atom stereocenters. The second-order valence-corrected chi connectivity index (χ2v) is 10.2. The molecule has 34 heavy (non-hydrogen) atoms. The molecule has 1 aromatic carbocycles. The number of carbonyl (C=O) groups is 1. The fourth-order valence-corrected chi connectivity index (χ4v) is 4.73. The largest absolute Gasteiger partial charge is 0.507 e. The highest BCUT2D eigenvalue weighted by molar-refractivity contribution is 5.79. The summed E-state index contributed by atoms with van der Waals surface area (Å²) in [6, 6.07) is 4.99. The number of hydrogen-bond donors (Lipinski definition) is 1. The van der Waals surface area contributed by atoms with E-state index in [0.717, 1.165) is 0 Å². The SMILES string of the molecule is CCCCCCCCCCCCC(CCCCCCCCCC)COc1ccc(C=O)c(O)c1. The van der Waals surface area contributed by atoms with Crippen molar-refractivity contribution in [2.45, 2.75) is 142 Å². The van der Waals surface area contributed by atoms with E-state index in [2.05, 4.69) is 13.8 Å². The van der Waals surface area contributed by atoms with Crippen molar-refractivity contribution in [2.75, 3.05) is 6.61 Å². The topological polar surface area (TPSA) is 46.5 Å². The Kier molecular flexibility index (Phi) is 19.7. The summed E-state index contributed by atoms with van der Waals surface area (Å²) >= 11 is 0. The number of benzene rings is 1. The molecule has 0 aromatic heterocycles. The molecule has 0 aliphatic heterocycles. The fourth-order valence-electron chi connectivity index (χ4n) is 4.73. The van der Waals surface area contributed by atoms with Crippen LogP contribution in [0.4, 0.5) is 0 Å². The van der Waals surface area contributed by atoms with Gasteiger partial charge in [-0.2, -0.15) is 0 Å². The molecule has 1 N–H and O–H groups in total. The third kappa shape index (κ3) is 16.2. The van der Waals surface area contributed by atoms with Crippen molar-refractivity contribution >= 4 is 6.29 Å². The average Bonchev–Trinajstić information content (AvgIpc) is 2.84. The van der Waals surface area contributed by atoms with Crippen LogP contribution < -0.4 is 4.74 Å². The van der Waals surface area contributed by atoms with Gasteiger partial charge in [0, 0.05) is 6.07 Å². The summed E-state index contributed by atoms with van der Waals surface area (Å²) in [5.74, 6) is 1.23. The number of unbranched alkanes of at least 4 members (excludes halogenated alkanes) is 16. The van der Waals surface area contributed by atoms with Crippen LogP contribution in [0.15, 0.2) is 18.2 Å². The Hall–Kier alpha value is -1.51. The van der Waals surface area contributed by atoms with Gasteiger partial charge in [-0.05, 0) is 30.9 Å². The number of ether oxygens (including phenoxy) is 1. The van der Waals surface area contributed by atoms with Crippen LogP contribution in [0, 0.1) is 5.92 Å². The number of aromatic hydroxyl groups is 1. The number of rotatable bonds is 24. The van der Waals surface area contributed by atoms with Crippen LogP contribution in [-0.4, -0.2) is 18.0 Å². The van der Waals surface area contributed by atoms with Crippen molar-refractivity contribution in [1.29, 1.82) is 0 Å². The molecule has 1 aromatic rings. The molecule has 0 radical (unpaired) electrons. The van der Waals surface area contributed by atoms with E-state index in [1.165, 1.54) is 128 Å². The lowest BCUT2D eigenvalue weighted by atomic mass is 9.94. The average molecular weight is 475 g/mol. The summed E-state index contributed by atoms with van der Waals surface area (Å²) < 4.78 is 6.04. The minimum absolute atomic E-state index is 0.00168. The number of carbonyl (C=O) groups excluding carboxylic acids is 1. The van der Waals surface area contributed by atoms with Crippen LogP contribution in [0.1, 0.15) is 153 Å². The van der Waals surface area contributed by atoms with Crippen LogP contribution in [0.2, 0.25) is 0 Å². The molecule has 0 spiro atoms. The Morgan fingerprint density at radius 2 is 1.15 bits per heavy atom. The van der Waals surface area contributed by atoms with E-state index in [9.17, 15) is 9.90 Å². The minimum atomic E-state index is 0.00168. The van der Waals surface area contributed by atoms with Gasteiger partial charge in [0.25, 0.3) is 0 Å². The van der Waals surface area contributed by atoms with Gasteiger partial charge in [-0.3, -0.25) is 4.79 Å². The summed E-state index contributed by atoms with van der Waals surface area (Å²) in [5.41, 5.74) is 0.313. The van der Waals surface area contributed by atoms with Gasteiger partial charge in [0.05, 0.1) is 12.2 Å². The molecule has 0 heterocycles. The van der Waals surface area contributed by atoms with Gasteiger partial charge in [0.2, 0.25) is 0 Å². The monoisotopic (exact) mass is 474 g/mol. The van der Waals surface area contributed by atoms with E-state index < -0.39 is 0 Å². The number of phenolic OH excluding ortho intramolecular Hbond substituents is 1. The van der Waals surface area contributed by atoms with Crippen LogP contribution in [0.3, 0.4) is 0 Å². The molecule has 3 heteroatoms. The Morgan fingerprint density at radius 1 is 0.706 bits per heavy atom. The third-order valence-electron chi connectivity index (χ3n) is 7.05. The van der Waals surface area contributed by atoms with Crippen LogP contribution in [0.25, 0.3) is 0 Å². The summed E-state index contributed by atoms with van der Waals surface area (Å²) in [6.07, 6.45) is 27.7. The summed E-state index contributed by atoms with van der Waals surface area (Å²) in [7, 11) is 0. The van der Waals surface area contributed by atoms with Gasteiger partial charge in [-0.15, -0.1) is 0 Å². The Bertz CT molecular complexity index is 598. The Morgan fingerprint density at radius 3 is 1.56 bits per heavy atom. The molecule has 1 unspecified atom stereocenters. The third-order valence-corrected chi connectivity index (χ3v) is 7.05. The molecule has 0 saturated heterocycles. The number of aldehydes is 1. The van der Waals surface area contributed by atoms with Crippen molar-refractivity contribution in [3.05, 3.63) is 23.8 Å². The second kappa shape index (κ2) is 22.0. The van der Waals surface area contributed by atoms with Gasteiger partial charge in [-0.1, -0.05) is 129 Å². The van der Waals surface area contributed by atoms with Crippen molar-refractivity contribution in [1.82, 2.24) is 0 Å². The quantitative estimate of drug-likeness (QED) is 0.120. The Balaban J connectivity index is 2.29. The van der Waals surface area contributed by atoms with Crippen molar-refractivity contribution in [3.63, 3.8) is 0 Å². The lowest BCUT2D eigenvalue weighted by Gasteiger charge is -2.18. The summed E-state index contributed by atoms with van der Waals surface area (Å²) in [4.78, 5) is 10.9. The summed E-state index contributed by atoms with van der Waals surface area (Å²) in [5, 5.41) is 9.93. The molecule has 0 amide bonds. The van der Waals surface area contributed by atoms with E-state index in [0.29, 0.717) is 30.1 Å². The standard InChI is InChI=1S/C31H54O3/c1-3-5-7-9-11-13-14-16-18-20-22-28(21-19-17-15-12-10-8-6-4-2)27-34-30-24-23-29(26-32)31(33)25-30/h23-26,28,33H,3-22,27H2,1-2H3. The fraction of sp³-hybridized carbons (Fsp3) is 0.774. The molecule has 0 bridgehead atoms. The van der Waals surface area contributed by atoms with E-state index >= 15 is 0 Å². The zero-order valence-electron chi connectivity index (χ0n) is 22.5. The molecule has 0 aliphatic rings. The molecule has 0 saturated carbocycles. The van der Waals surface area contributed by atoms with Gasteiger partial charge in [0.15, 0.2) is 6.29 Å². The lowest BCUT2D eigenvalue weighted by Crippen LogP contribution is -2.12. The normalized spacial score (nSPS) is 12.1. The Labute approximate surface area is 211 Å². The molecule has 0 fully saturated rings. The first kappa shape index (κ1) is 30.5. The minimum Gasteiger partial charge on any atom is -0.507 e. The highest BCUT2D eigenvalue weighted by atomic mass is 16.5. The predicted octanol–water partition coefficient (Wildman–Crippen LogP) is 10.0. The highest BCUT2D eigenvalue weighted by Gasteiger charge is 2.11. The molecule has 1 rings (SSSR count). The van der Waals surface area contributed by atoms with Gasteiger partial charge in [0.1, 0.15) is 11.5 Å². The predicted molar refractivity (Wildman–Crippen MR) is 146 cm³/mol. The smallest absolute Gasteiger partial charge is 0.153 e. The molecule has 0 aliphatic carbocycles. The molecular formula is C31H54O3. The highest BCUT2D eigenvalue weighted by Crippen LogP contribution is 2.25. The number of phenols is 1. The maximum atomic E-state index is 10.9. The van der Waals surface area contributed by atoms with Crippen LogP contribution in [0.5, 0.6) is 11.5 Å². The van der Waals surface area contributed by atoms with Gasteiger partial charge >= 0.3 is 0 Å². The van der Waals surface area contributed by atoms with Crippen LogP contribution in [-0.2, 0) is 0 Å².